The highest BCUT2D eigenvalue weighted by molar-refractivity contribution is 5.73. The van der Waals surface area contributed by atoms with Crippen molar-refractivity contribution in [3.63, 3.8) is 0 Å². The molecule has 8 fully saturated rings. The van der Waals surface area contributed by atoms with Gasteiger partial charge >= 0.3 is 0 Å². The molecule has 41 atom stereocenters. The average molecular weight is 1470 g/mol. The minimum absolute atomic E-state index is 0.252. The summed E-state index contributed by atoms with van der Waals surface area (Å²) in [5, 5.41) is 249. The third kappa shape index (κ3) is 18.1. The van der Waals surface area contributed by atoms with Gasteiger partial charge in [-0.1, -0.05) is 0 Å². The van der Waals surface area contributed by atoms with Crippen molar-refractivity contribution < 1.29 is 203 Å². The molecule has 44 nitrogen and oxygen atoms in total. The first-order valence-corrected chi connectivity index (χ1v) is 32.1. The molecule has 25 N–H and O–H groups in total. The van der Waals surface area contributed by atoms with Crippen LogP contribution in [0.3, 0.4) is 0 Å². The van der Waals surface area contributed by atoms with Crippen molar-refractivity contribution >= 4 is 18.2 Å². The van der Waals surface area contributed by atoms with Crippen LogP contribution in [0.25, 0.3) is 0 Å². The van der Waals surface area contributed by atoms with Crippen LogP contribution in [0.4, 0.5) is 0 Å². The maximum atomic E-state index is 13.5. The second-order valence-corrected chi connectivity index (χ2v) is 25.3. The monoisotopic (exact) mass is 1470 g/mol. The number of hydrogen-bond acceptors (Lipinski definition) is 41. The minimum atomic E-state index is -2.49. The molecular weight excluding hydrogens is 1370 g/mol. The molecule has 8 aliphatic heterocycles. The number of ether oxygens (including phenoxy) is 16. The van der Waals surface area contributed by atoms with E-state index >= 15 is 0 Å². The van der Waals surface area contributed by atoms with Gasteiger partial charge in [-0.2, -0.15) is 0 Å². The largest absolute Gasteiger partial charge is 0.394 e. The van der Waals surface area contributed by atoms with Crippen LogP contribution in [0.1, 0.15) is 27.7 Å². The second kappa shape index (κ2) is 36.5. The molecule has 100 heavy (non-hydrogen) atoms. The summed E-state index contributed by atoms with van der Waals surface area (Å²) < 4.78 is 95.4. The lowest BCUT2D eigenvalue weighted by atomic mass is 9.93. The number of nitrogens with one attached hydrogen (secondary N) is 3. The summed E-state index contributed by atoms with van der Waals surface area (Å²) in [6.45, 7) is -3.35. The maximum Gasteiger partial charge on any atom is 0.217 e. The second-order valence-electron chi connectivity index (χ2n) is 25.3. The first-order valence-electron chi connectivity index (χ1n) is 32.1. The van der Waals surface area contributed by atoms with Crippen molar-refractivity contribution in [3.8, 4) is 0 Å². The lowest BCUT2D eigenvalue weighted by molar-refractivity contribution is -0.399. The fourth-order valence-corrected chi connectivity index (χ4v) is 12.7. The van der Waals surface area contributed by atoms with Gasteiger partial charge < -0.3 is 204 Å². The van der Waals surface area contributed by atoms with Gasteiger partial charge in [0, 0.05) is 13.8 Å². The molecule has 0 aromatic rings. The van der Waals surface area contributed by atoms with Crippen molar-refractivity contribution in [2.24, 2.45) is 0 Å². The van der Waals surface area contributed by atoms with E-state index in [2.05, 4.69) is 16.0 Å². The first-order chi connectivity index (χ1) is 47.4. The Morgan fingerprint density at radius 3 is 1.01 bits per heavy atom. The number of aliphatic hydroxyl groups is 22. The molecule has 0 bridgehead atoms. The fourth-order valence-electron chi connectivity index (χ4n) is 12.7. The van der Waals surface area contributed by atoms with E-state index in [9.17, 15) is 127 Å². The Morgan fingerprint density at radius 1 is 0.340 bits per heavy atom. The van der Waals surface area contributed by atoms with Crippen molar-refractivity contribution in [2.75, 3.05) is 52.9 Å². The van der Waals surface area contributed by atoms with E-state index in [-0.39, 0.29) is 6.41 Å². The van der Waals surface area contributed by atoms with Gasteiger partial charge in [0.05, 0.1) is 71.1 Å². The van der Waals surface area contributed by atoms with Gasteiger partial charge in [0.15, 0.2) is 50.3 Å². The summed E-state index contributed by atoms with van der Waals surface area (Å²) in [5.41, 5.74) is 0. The van der Waals surface area contributed by atoms with E-state index in [1.165, 1.54) is 13.8 Å². The van der Waals surface area contributed by atoms with E-state index in [0.717, 1.165) is 13.8 Å². The molecular formula is C56H95N3O41. The van der Waals surface area contributed by atoms with Gasteiger partial charge in [-0.05, 0) is 13.8 Å². The van der Waals surface area contributed by atoms with Gasteiger partial charge in [-0.3, -0.25) is 14.4 Å². The predicted octanol–water partition coefficient (Wildman–Crippen LogP) is -17.0. The van der Waals surface area contributed by atoms with Crippen molar-refractivity contribution in [2.45, 2.75) is 279 Å². The predicted molar refractivity (Wildman–Crippen MR) is 309 cm³/mol. The van der Waals surface area contributed by atoms with Crippen LogP contribution in [-0.4, -0.2) is 435 Å². The van der Waals surface area contributed by atoms with E-state index in [4.69, 9.17) is 75.8 Å². The molecule has 8 aliphatic rings. The molecule has 0 aromatic carbocycles. The Morgan fingerprint density at radius 2 is 0.640 bits per heavy atom. The number of carbonyl (C=O) groups excluding carboxylic acids is 3. The minimum Gasteiger partial charge on any atom is -0.394 e. The number of amides is 3. The third-order valence-electron chi connectivity index (χ3n) is 18.3. The zero-order valence-electron chi connectivity index (χ0n) is 54.0. The standard InChI is InChI=1S/C56H95N3O41/c1-14-27(70)32(75)36(79)52(86-14)95-43-23(10-65)91-50(99-47-30(73)20(7-62)89-55(40(47)83)94-42-22(9-64)93-51(39(82)35(42)78)85-12-18(5-60)57-13-67)26(59-17(4)69)46(43)98-56-41(84)48(31(74)21(8-63)90-56)100-49-25(58-16(3)68)45(97-53-37(80)33(76)28(71)15(2)87-53)44(24(11-66)92-49)96-54-38(81)34(77)29(72)19(6-61)88-54/h13-15,18-56,60-66,70-84H,5-12H2,1-4H3,(H,57,67)(H,58,68)(H,59,69)/t14-,15-,18+,19+,20+,21+,22+,23+,24+,25+,26+,27+,28+,29-,30-,31-,32+,33+,34-,35+,36-,37-,38+,39+,40+,41+,42+,43+,44+,45+,46+,47-,48-,49-,50-,51+,52-,53-,54-,55-,56-/m0/s1. The molecule has 44 heteroatoms. The highest BCUT2D eigenvalue weighted by Crippen LogP contribution is 2.40. The lowest BCUT2D eigenvalue weighted by Crippen LogP contribution is -2.72. The van der Waals surface area contributed by atoms with Gasteiger partial charge in [0.25, 0.3) is 0 Å². The van der Waals surface area contributed by atoms with Crippen LogP contribution in [0.2, 0.25) is 0 Å². The number of rotatable bonds is 28. The number of aliphatic hydroxyl groups excluding tert-OH is 22. The molecule has 8 heterocycles. The summed E-state index contributed by atoms with van der Waals surface area (Å²) in [6.07, 6.45) is -75.8. The van der Waals surface area contributed by atoms with Crippen molar-refractivity contribution in [1.29, 1.82) is 0 Å². The van der Waals surface area contributed by atoms with E-state index < -0.39 is 316 Å². The molecule has 8 saturated heterocycles. The van der Waals surface area contributed by atoms with Crippen LogP contribution >= 0.6 is 0 Å². The molecule has 3 amide bonds. The third-order valence-corrected chi connectivity index (χ3v) is 18.3. The van der Waals surface area contributed by atoms with Gasteiger partial charge in [0.1, 0.15) is 183 Å². The van der Waals surface area contributed by atoms with Gasteiger partial charge in [-0.15, -0.1) is 0 Å². The zero-order chi connectivity index (χ0) is 73.6. The van der Waals surface area contributed by atoms with E-state index in [1.807, 2.05) is 0 Å². The molecule has 0 aliphatic carbocycles. The summed E-state index contributed by atoms with van der Waals surface area (Å²) in [7, 11) is 0. The zero-order valence-corrected chi connectivity index (χ0v) is 54.0. The van der Waals surface area contributed by atoms with E-state index in [0.29, 0.717) is 0 Å². The Hall–Kier alpha value is -3.11. The molecule has 8 rings (SSSR count). The average Bonchev–Trinajstić information content (AvgIpc) is 0.765. The van der Waals surface area contributed by atoms with Crippen molar-refractivity contribution in [1.82, 2.24) is 16.0 Å². The van der Waals surface area contributed by atoms with Crippen molar-refractivity contribution in [3.05, 3.63) is 0 Å². The first kappa shape index (κ1) is 82.5. The molecule has 0 unspecified atom stereocenters. The highest BCUT2D eigenvalue weighted by Gasteiger charge is 2.61. The summed E-state index contributed by atoms with van der Waals surface area (Å²) >= 11 is 0. The SMILES string of the molecule is CC(=O)N[C@H]1[C@H](O[C@H]2[C@@H](O)[C@@H](CO)O[C@@H](O[C@H]3[C@H](O)[C@@H](O)[C@H](OC[C@@H](CO)NC=O)O[C@@H]3CO)[C@@H]2O)O[C@H](CO)[C@@H](O[C@@H]2O[C@@H](C)[C@@H](O)[C@@H](O)[C@@H]2O)[C@@H]1O[C@@H]1O[C@H](CO)[C@H](O)[C@H](O[C@@H]2O[C@H](CO)[C@@H](O[C@@H]3O[C@H](CO)[C@H](O)[C@H](O)[C@H]3O)[C@H](O[C@@H]3O[C@@H](C)[C@@H](O)[C@@H](O)[C@@H]3O)[C@H]2NC(C)=O)[C@H]1O. The summed E-state index contributed by atoms with van der Waals surface area (Å²) in [6, 6.07) is -5.01. The lowest BCUT2D eigenvalue weighted by Gasteiger charge is -2.52. The van der Waals surface area contributed by atoms with Gasteiger partial charge in [0.2, 0.25) is 18.2 Å². The number of hydrogen-bond donors (Lipinski definition) is 25. The Labute approximate surface area is 567 Å². The summed E-state index contributed by atoms with van der Waals surface area (Å²) in [5.74, 6) is -1.96. The maximum absolute atomic E-state index is 13.5. The van der Waals surface area contributed by atoms with Crippen LogP contribution in [-0.2, 0) is 90.2 Å². The Bertz CT molecular complexity index is 2530. The summed E-state index contributed by atoms with van der Waals surface area (Å²) in [4.78, 5) is 37.8. The topological polar surface area (TPSA) is 680 Å². The Kier molecular flexibility index (Phi) is 30.1. The molecule has 0 saturated carbocycles. The highest BCUT2D eigenvalue weighted by atomic mass is 16.8. The van der Waals surface area contributed by atoms with Gasteiger partial charge in [-0.25, -0.2) is 0 Å². The quantitative estimate of drug-likeness (QED) is 0.0324. The van der Waals surface area contributed by atoms with Crippen LogP contribution in [0.5, 0.6) is 0 Å². The molecule has 0 spiro atoms. The number of carbonyl (C=O) groups is 3. The van der Waals surface area contributed by atoms with Crippen LogP contribution in [0, 0.1) is 0 Å². The van der Waals surface area contributed by atoms with Crippen LogP contribution in [0.15, 0.2) is 0 Å². The smallest absolute Gasteiger partial charge is 0.217 e. The fraction of sp³-hybridized carbons (Fsp3) is 0.946. The molecule has 580 valence electrons. The van der Waals surface area contributed by atoms with E-state index in [1.54, 1.807) is 0 Å². The van der Waals surface area contributed by atoms with Crippen LogP contribution < -0.4 is 16.0 Å². The normalized spacial score (nSPS) is 49.1. The molecule has 0 radical (unpaired) electrons. The molecule has 0 aromatic heterocycles. The Balaban J connectivity index is 1.14.